The highest BCUT2D eigenvalue weighted by Crippen LogP contribution is 2.05. The molecule has 1 aromatic rings. The zero-order valence-corrected chi connectivity index (χ0v) is 10.2. The summed E-state index contributed by atoms with van der Waals surface area (Å²) in [4.78, 5) is 17.7. The van der Waals surface area contributed by atoms with E-state index in [1.807, 2.05) is 6.92 Å². The van der Waals surface area contributed by atoms with Gasteiger partial charge in [-0.1, -0.05) is 18.8 Å². The number of hydrogen-bond donors (Lipinski definition) is 1. The molecule has 0 saturated carbocycles. The molecular formula is C13H17N3O. The van der Waals surface area contributed by atoms with Gasteiger partial charge in [0.1, 0.15) is 0 Å². The molecule has 1 heterocycles. The lowest BCUT2D eigenvalue weighted by molar-refractivity contribution is 0.0794. The summed E-state index contributed by atoms with van der Waals surface area (Å²) in [5.41, 5.74) is 6.57. The second kappa shape index (κ2) is 6.66. The van der Waals surface area contributed by atoms with E-state index in [2.05, 4.69) is 16.8 Å². The molecule has 1 rings (SSSR count). The maximum absolute atomic E-state index is 12.0. The maximum atomic E-state index is 12.0. The van der Waals surface area contributed by atoms with Crippen molar-refractivity contribution in [1.29, 1.82) is 0 Å². The topological polar surface area (TPSA) is 59.2 Å². The lowest BCUT2D eigenvalue weighted by atomic mass is 10.2. The number of carbonyl (C=O) groups excluding carboxylic acids is 1. The van der Waals surface area contributed by atoms with Crippen LogP contribution >= 0.6 is 0 Å². The number of pyridine rings is 1. The van der Waals surface area contributed by atoms with Crippen molar-refractivity contribution < 1.29 is 4.79 Å². The number of rotatable bonds is 3. The molecule has 17 heavy (non-hydrogen) atoms. The van der Waals surface area contributed by atoms with Crippen molar-refractivity contribution in [2.45, 2.75) is 13.3 Å². The number of hydrogen-bond acceptors (Lipinski definition) is 3. The van der Waals surface area contributed by atoms with Crippen molar-refractivity contribution >= 4 is 5.91 Å². The molecule has 0 atom stereocenters. The van der Waals surface area contributed by atoms with Crippen LogP contribution in [0.1, 0.15) is 29.3 Å². The predicted octanol–water partition coefficient (Wildman–Crippen LogP) is 0.874. The van der Waals surface area contributed by atoms with E-state index in [0.717, 1.165) is 13.0 Å². The Balaban J connectivity index is 2.87. The molecule has 0 spiro atoms. The van der Waals surface area contributed by atoms with Crippen LogP contribution in [0.3, 0.4) is 0 Å². The van der Waals surface area contributed by atoms with Crippen LogP contribution in [-0.2, 0) is 0 Å². The number of nitrogens with zero attached hydrogens (tertiary/aromatic N) is 2. The first-order valence-electron chi connectivity index (χ1n) is 5.58. The zero-order chi connectivity index (χ0) is 12.7. The molecule has 0 fully saturated rings. The Kier molecular flexibility index (Phi) is 5.18. The quantitative estimate of drug-likeness (QED) is 0.785. The third kappa shape index (κ3) is 3.89. The second-order valence-electron chi connectivity index (χ2n) is 3.69. The monoisotopic (exact) mass is 231 g/mol. The highest BCUT2D eigenvalue weighted by Gasteiger charge is 2.11. The van der Waals surface area contributed by atoms with E-state index >= 15 is 0 Å². The first-order valence-corrected chi connectivity index (χ1v) is 5.58. The van der Waals surface area contributed by atoms with E-state index in [1.54, 1.807) is 30.4 Å². The van der Waals surface area contributed by atoms with E-state index in [1.165, 1.54) is 0 Å². The summed E-state index contributed by atoms with van der Waals surface area (Å²) in [5.74, 6) is 5.57. The molecule has 1 aromatic heterocycles. The van der Waals surface area contributed by atoms with E-state index in [4.69, 9.17) is 5.73 Å². The third-order valence-electron chi connectivity index (χ3n) is 2.23. The molecule has 4 nitrogen and oxygen atoms in total. The molecule has 0 radical (unpaired) electrons. The fraction of sp³-hybridized carbons (Fsp3) is 0.385. The zero-order valence-electron chi connectivity index (χ0n) is 10.2. The minimum absolute atomic E-state index is 0.0317. The van der Waals surface area contributed by atoms with Gasteiger partial charge in [0.05, 0.1) is 12.1 Å². The second-order valence-corrected chi connectivity index (χ2v) is 3.69. The van der Waals surface area contributed by atoms with Crippen LogP contribution < -0.4 is 5.73 Å². The molecule has 0 bridgehead atoms. The first-order chi connectivity index (χ1) is 8.19. The van der Waals surface area contributed by atoms with Crippen LogP contribution in [0.4, 0.5) is 0 Å². The number of nitrogens with two attached hydrogens (primary N) is 1. The molecule has 0 unspecified atom stereocenters. The van der Waals surface area contributed by atoms with Crippen molar-refractivity contribution in [3.8, 4) is 11.8 Å². The van der Waals surface area contributed by atoms with Crippen LogP contribution in [0.5, 0.6) is 0 Å². The molecule has 0 saturated heterocycles. The molecule has 4 heteroatoms. The molecule has 0 aromatic carbocycles. The van der Waals surface area contributed by atoms with Gasteiger partial charge in [0.2, 0.25) is 0 Å². The average molecular weight is 231 g/mol. The van der Waals surface area contributed by atoms with Crippen LogP contribution in [0, 0.1) is 11.8 Å². The van der Waals surface area contributed by atoms with E-state index in [0.29, 0.717) is 17.7 Å². The van der Waals surface area contributed by atoms with Crippen molar-refractivity contribution in [2.24, 2.45) is 5.73 Å². The van der Waals surface area contributed by atoms with Crippen molar-refractivity contribution in [3.63, 3.8) is 0 Å². The summed E-state index contributed by atoms with van der Waals surface area (Å²) < 4.78 is 0. The summed E-state index contributed by atoms with van der Waals surface area (Å²) in [5, 5.41) is 0. The van der Waals surface area contributed by atoms with Crippen molar-refractivity contribution in [1.82, 2.24) is 9.88 Å². The Morgan fingerprint density at radius 3 is 2.94 bits per heavy atom. The summed E-state index contributed by atoms with van der Waals surface area (Å²) in [6.07, 6.45) is 4.11. The summed E-state index contributed by atoms with van der Waals surface area (Å²) in [6.45, 7) is 3.07. The van der Waals surface area contributed by atoms with Crippen molar-refractivity contribution in [2.75, 3.05) is 20.1 Å². The molecule has 2 N–H and O–H groups in total. The highest BCUT2D eigenvalue weighted by atomic mass is 16.2. The molecule has 0 aliphatic rings. The van der Waals surface area contributed by atoms with Gasteiger partial charge in [-0.2, -0.15) is 0 Å². The van der Waals surface area contributed by atoms with Gasteiger partial charge in [0, 0.05) is 31.5 Å². The third-order valence-corrected chi connectivity index (χ3v) is 2.23. The van der Waals surface area contributed by atoms with Gasteiger partial charge in [0.15, 0.2) is 0 Å². The standard InChI is InChI=1S/C13H17N3O/c1-3-7-16(2)13(17)12-8-11(5-4-6-14)9-15-10-12/h8-10H,3,6-7,14H2,1-2H3. The van der Waals surface area contributed by atoms with E-state index in [9.17, 15) is 4.79 Å². The minimum atomic E-state index is -0.0317. The van der Waals surface area contributed by atoms with Gasteiger partial charge in [-0.05, 0) is 12.5 Å². The highest BCUT2D eigenvalue weighted by molar-refractivity contribution is 5.94. The lowest BCUT2D eigenvalue weighted by Gasteiger charge is -2.15. The van der Waals surface area contributed by atoms with Gasteiger partial charge >= 0.3 is 0 Å². The van der Waals surface area contributed by atoms with E-state index in [-0.39, 0.29) is 5.91 Å². The SMILES string of the molecule is CCCN(C)C(=O)c1cncc(C#CCN)c1. The Morgan fingerprint density at radius 1 is 1.53 bits per heavy atom. The maximum Gasteiger partial charge on any atom is 0.255 e. The predicted molar refractivity (Wildman–Crippen MR) is 67.4 cm³/mol. The smallest absolute Gasteiger partial charge is 0.255 e. The normalized spacial score (nSPS) is 9.35. The minimum Gasteiger partial charge on any atom is -0.342 e. The van der Waals surface area contributed by atoms with Crippen LogP contribution in [0.2, 0.25) is 0 Å². The largest absolute Gasteiger partial charge is 0.342 e. The van der Waals surface area contributed by atoms with E-state index < -0.39 is 0 Å². The van der Waals surface area contributed by atoms with Crippen LogP contribution in [-0.4, -0.2) is 35.9 Å². The van der Waals surface area contributed by atoms with Gasteiger partial charge in [-0.3, -0.25) is 9.78 Å². The van der Waals surface area contributed by atoms with Gasteiger partial charge in [0.25, 0.3) is 5.91 Å². The van der Waals surface area contributed by atoms with Crippen LogP contribution in [0.15, 0.2) is 18.5 Å². The molecule has 0 aliphatic heterocycles. The fourth-order valence-corrected chi connectivity index (χ4v) is 1.44. The van der Waals surface area contributed by atoms with Gasteiger partial charge in [-0.15, -0.1) is 0 Å². The summed E-state index contributed by atoms with van der Waals surface area (Å²) >= 11 is 0. The van der Waals surface area contributed by atoms with Crippen LogP contribution in [0.25, 0.3) is 0 Å². The Morgan fingerprint density at radius 2 is 2.29 bits per heavy atom. The average Bonchev–Trinajstić information content (AvgIpc) is 2.36. The first kappa shape index (κ1) is 13.2. The molecule has 90 valence electrons. The number of carbonyl (C=O) groups is 1. The number of amides is 1. The lowest BCUT2D eigenvalue weighted by Crippen LogP contribution is -2.27. The summed E-state index contributed by atoms with van der Waals surface area (Å²) in [7, 11) is 1.78. The molecule has 1 amide bonds. The van der Waals surface area contributed by atoms with Crippen molar-refractivity contribution in [3.05, 3.63) is 29.6 Å². The Hall–Kier alpha value is -1.86. The molecule has 0 aliphatic carbocycles. The van der Waals surface area contributed by atoms with Gasteiger partial charge < -0.3 is 10.6 Å². The number of aromatic nitrogens is 1. The Labute approximate surface area is 102 Å². The fourth-order valence-electron chi connectivity index (χ4n) is 1.44. The Bertz CT molecular complexity index is 445. The van der Waals surface area contributed by atoms with Gasteiger partial charge in [-0.25, -0.2) is 0 Å². The summed E-state index contributed by atoms with van der Waals surface area (Å²) in [6, 6.07) is 1.74. The molecular weight excluding hydrogens is 214 g/mol.